The second kappa shape index (κ2) is 7.01. The van der Waals surface area contributed by atoms with Crippen LogP contribution in [0.4, 0.5) is 11.4 Å². The van der Waals surface area contributed by atoms with E-state index in [-0.39, 0.29) is 6.61 Å². The normalized spacial score (nSPS) is 10.3. The van der Waals surface area contributed by atoms with Gasteiger partial charge in [-0.05, 0) is 31.9 Å². The number of anilines is 2. The predicted octanol–water partition coefficient (Wildman–Crippen LogP) is 1.88. The Morgan fingerprint density at radius 2 is 2.12 bits per heavy atom. The number of rotatable bonds is 7. The lowest BCUT2D eigenvalue weighted by Gasteiger charge is -2.23. The molecule has 0 unspecified atom stereocenters. The van der Waals surface area contributed by atoms with Gasteiger partial charge in [-0.1, -0.05) is 0 Å². The van der Waals surface area contributed by atoms with Gasteiger partial charge >= 0.3 is 0 Å². The van der Waals surface area contributed by atoms with Gasteiger partial charge in [0.1, 0.15) is 5.75 Å². The van der Waals surface area contributed by atoms with E-state index in [1.54, 1.807) is 7.11 Å². The standard InChI is InChI=1S/C13H22N2O2/c1-3-15(8-4-5-9-16)11-6-7-12(14)13(10-11)17-2/h6-7,10,16H,3-5,8-9,14H2,1-2H3. The molecule has 0 aliphatic heterocycles. The van der Waals surface area contributed by atoms with Crippen molar-refractivity contribution in [2.24, 2.45) is 0 Å². The van der Waals surface area contributed by atoms with Crippen molar-refractivity contribution in [1.82, 2.24) is 0 Å². The van der Waals surface area contributed by atoms with E-state index >= 15 is 0 Å². The summed E-state index contributed by atoms with van der Waals surface area (Å²) in [7, 11) is 1.62. The molecule has 3 N–H and O–H groups in total. The van der Waals surface area contributed by atoms with Gasteiger partial charge in [-0.15, -0.1) is 0 Å². The molecule has 1 aromatic carbocycles. The summed E-state index contributed by atoms with van der Waals surface area (Å²) in [5.41, 5.74) is 7.55. The van der Waals surface area contributed by atoms with Crippen molar-refractivity contribution >= 4 is 11.4 Å². The number of ether oxygens (including phenoxy) is 1. The van der Waals surface area contributed by atoms with E-state index in [1.807, 2.05) is 18.2 Å². The third-order valence-corrected chi connectivity index (χ3v) is 2.80. The third-order valence-electron chi connectivity index (χ3n) is 2.80. The summed E-state index contributed by atoms with van der Waals surface area (Å²) >= 11 is 0. The molecule has 4 nitrogen and oxygen atoms in total. The summed E-state index contributed by atoms with van der Waals surface area (Å²) in [6.45, 7) is 4.23. The molecule has 0 bridgehead atoms. The van der Waals surface area contributed by atoms with Gasteiger partial charge in [-0.2, -0.15) is 0 Å². The van der Waals surface area contributed by atoms with Gasteiger partial charge in [0.15, 0.2) is 0 Å². The van der Waals surface area contributed by atoms with Crippen LogP contribution in [0.15, 0.2) is 18.2 Å². The van der Waals surface area contributed by atoms with Gasteiger partial charge < -0.3 is 20.5 Å². The Balaban J connectivity index is 2.73. The molecule has 0 saturated heterocycles. The fraction of sp³-hybridized carbons (Fsp3) is 0.538. The lowest BCUT2D eigenvalue weighted by atomic mass is 10.2. The van der Waals surface area contributed by atoms with Crippen LogP contribution >= 0.6 is 0 Å². The molecule has 17 heavy (non-hydrogen) atoms. The Hall–Kier alpha value is -1.42. The Labute approximate surface area is 103 Å². The van der Waals surface area contributed by atoms with Crippen molar-refractivity contribution in [2.45, 2.75) is 19.8 Å². The number of hydrogen-bond acceptors (Lipinski definition) is 4. The molecule has 0 radical (unpaired) electrons. The third kappa shape index (κ3) is 3.82. The van der Waals surface area contributed by atoms with Crippen molar-refractivity contribution in [2.75, 3.05) is 37.4 Å². The van der Waals surface area contributed by atoms with E-state index in [9.17, 15) is 0 Å². The SMILES string of the molecule is CCN(CCCCO)c1ccc(N)c(OC)c1. The molecule has 0 fully saturated rings. The number of methoxy groups -OCH3 is 1. The molecule has 0 spiro atoms. The topological polar surface area (TPSA) is 58.7 Å². The Morgan fingerprint density at radius 3 is 2.71 bits per heavy atom. The fourth-order valence-corrected chi connectivity index (χ4v) is 1.78. The molecule has 1 aromatic rings. The van der Waals surface area contributed by atoms with Crippen molar-refractivity contribution in [3.05, 3.63) is 18.2 Å². The average molecular weight is 238 g/mol. The van der Waals surface area contributed by atoms with E-state index < -0.39 is 0 Å². The highest BCUT2D eigenvalue weighted by Gasteiger charge is 2.07. The van der Waals surface area contributed by atoms with Crippen LogP contribution in [-0.2, 0) is 0 Å². The maximum atomic E-state index is 8.79. The summed E-state index contributed by atoms with van der Waals surface area (Å²) in [5, 5.41) is 8.79. The molecule has 1 rings (SSSR count). The molecule has 0 amide bonds. The first-order chi connectivity index (χ1) is 8.22. The molecule has 0 aliphatic carbocycles. The van der Waals surface area contributed by atoms with Gasteiger partial charge in [0.05, 0.1) is 12.8 Å². The van der Waals surface area contributed by atoms with Crippen LogP contribution in [0.5, 0.6) is 5.75 Å². The monoisotopic (exact) mass is 238 g/mol. The number of benzene rings is 1. The van der Waals surface area contributed by atoms with Gasteiger partial charge in [0.2, 0.25) is 0 Å². The molecular weight excluding hydrogens is 216 g/mol. The Bertz CT molecular complexity index is 342. The zero-order valence-electron chi connectivity index (χ0n) is 10.6. The quantitative estimate of drug-likeness (QED) is 0.562. The first kappa shape index (κ1) is 13.6. The smallest absolute Gasteiger partial charge is 0.143 e. The minimum Gasteiger partial charge on any atom is -0.495 e. The maximum absolute atomic E-state index is 8.79. The molecule has 96 valence electrons. The number of nitrogens with two attached hydrogens (primary N) is 1. The zero-order chi connectivity index (χ0) is 12.7. The van der Waals surface area contributed by atoms with Crippen molar-refractivity contribution in [3.8, 4) is 5.75 Å². The van der Waals surface area contributed by atoms with E-state index in [2.05, 4.69) is 11.8 Å². The Morgan fingerprint density at radius 1 is 1.35 bits per heavy atom. The van der Waals surface area contributed by atoms with E-state index in [0.29, 0.717) is 11.4 Å². The summed E-state index contributed by atoms with van der Waals surface area (Å²) < 4.78 is 5.21. The second-order valence-electron chi connectivity index (χ2n) is 3.94. The number of nitrogen functional groups attached to an aromatic ring is 1. The number of unbranched alkanes of at least 4 members (excludes halogenated alkanes) is 1. The van der Waals surface area contributed by atoms with Crippen molar-refractivity contribution < 1.29 is 9.84 Å². The minimum atomic E-state index is 0.253. The first-order valence-electron chi connectivity index (χ1n) is 6.02. The molecular formula is C13H22N2O2. The highest BCUT2D eigenvalue weighted by Crippen LogP contribution is 2.27. The summed E-state index contributed by atoms with van der Waals surface area (Å²) in [4.78, 5) is 2.25. The van der Waals surface area contributed by atoms with Crippen LogP contribution in [0.2, 0.25) is 0 Å². The van der Waals surface area contributed by atoms with Gasteiger partial charge in [-0.25, -0.2) is 0 Å². The van der Waals surface area contributed by atoms with Crippen LogP contribution in [0.25, 0.3) is 0 Å². The Kier molecular flexibility index (Phi) is 5.63. The zero-order valence-corrected chi connectivity index (χ0v) is 10.6. The first-order valence-corrected chi connectivity index (χ1v) is 6.02. The van der Waals surface area contributed by atoms with Crippen molar-refractivity contribution in [3.63, 3.8) is 0 Å². The average Bonchev–Trinajstić information content (AvgIpc) is 2.36. The summed E-state index contributed by atoms with van der Waals surface area (Å²) in [6.07, 6.45) is 1.82. The summed E-state index contributed by atoms with van der Waals surface area (Å²) in [5.74, 6) is 0.711. The van der Waals surface area contributed by atoms with Crippen LogP contribution in [0, 0.1) is 0 Å². The van der Waals surface area contributed by atoms with Crippen LogP contribution in [-0.4, -0.2) is 31.9 Å². The van der Waals surface area contributed by atoms with E-state index in [1.165, 1.54) is 0 Å². The lowest BCUT2D eigenvalue weighted by Crippen LogP contribution is -2.24. The predicted molar refractivity (Wildman–Crippen MR) is 71.6 cm³/mol. The molecule has 0 aliphatic rings. The molecule has 0 saturated carbocycles. The maximum Gasteiger partial charge on any atom is 0.143 e. The highest BCUT2D eigenvalue weighted by atomic mass is 16.5. The number of nitrogens with zero attached hydrogens (tertiary/aromatic N) is 1. The minimum absolute atomic E-state index is 0.253. The lowest BCUT2D eigenvalue weighted by molar-refractivity contribution is 0.285. The number of aliphatic hydroxyl groups excluding tert-OH is 1. The second-order valence-corrected chi connectivity index (χ2v) is 3.94. The molecule has 0 atom stereocenters. The van der Waals surface area contributed by atoms with Gasteiger partial charge in [0.25, 0.3) is 0 Å². The largest absolute Gasteiger partial charge is 0.495 e. The molecule has 0 aromatic heterocycles. The number of hydrogen-bond donors (Lipinski definition) is 2. The summed E-state index contributed by atoms with van der Waals surface area (Å²) in [6, 6.07) is 5.82. The van der Waals surface area contributed by atoms with Crippen LogP contribution < -0.4 is 15.4 Å². The van der Waals surface area contributed by atoms with Gasteiger partial charge in [-0.3, -0.25) is 0 Å². The fourth-order valence-electron chi connectivity index (χ4n) is 1.78. The molecule has 0 heterocycles. The van der Waals surface area contributed by atoms with Crippen LogP contribution in [0.3, 0.4) is 0 Å². The van der Waals surface area contributed by atoms with E-state index in [0.717, 1.165) is 31.6 Å². The van der Waals surface area contributed by atoms with E-state index in [4.69, 9.17) is 15.6 Å². The number of aliphatic hydroxyl groups is 1. The van der Waals surface area contributed by atoms with Crippen molar-refractivity contribution in [1.29, 1.82) is 0 Å². The molecule has 4 heteroatoms. The van der Waals surface area contributed by atoms with Gasteiger partial charge in [0, 0.05) is 31.5 Å². The van der Waals surface area contributed by atoms with Crippen LogP contribution in [0.1, 0.15) is 19.8 Å². The highest BCUT2D eigenvalue weighted by molar-refractivity contribution is 5.62.